The summed E-state index contributed by atoms with van der Waals surface area (Å²) in [6, 6.07) is 18.6. The van der Waals surface area contributed by atoms with E-state index in [1.165, 1.54) is 4.90 Å². The summed E-state index contributed by atoms with van der Waals surface area (Å²) >= 11 is 0. The number of hydrogen-bond acceptors (Lipinski definition) is 3. The summed E-state index contributed by atoms with van der Waals surface area (Å²) in [6.45, 7) is 2.40. The molecule has 4 heteroatoms. The van der Waals surface area contributed by atoms with Gasteiger partial charge in [0.25, 0.3) is 0 Å². The Morgan fingerprint density at radius 3 is 2.27 bits per heavy atom. The van der Waals surface area contributed by atoms with Crippen LogP contribution in [0.1, 0.15) is 30.6 Å². The molecule has 0 radical (unpaired) electrons. The van der Waals surface area contributed by atoms with Gasteiger partial charge in [-0.25, -0.2) is 4.79 Å². The Morgan fingerprint density at radius 2 is 1.68 bits per heavy atom. The molecule has 0 spiro atoms. The lowest BCUT2D eigenvalue weighted by Crippen LogP contribution is -2.46. The molecule has 1 aliphatic heterocycles. The summed E-state index contributed by atoms with van der Waals surface area (Å²) in [7, 11) is 0. The Bertz CT molecular complexity index is 644. The van der Waals surface area contributed by atoms with Crippen LogP contribution in [-0.2, 0) is 10.5 Å². The second-order valence-electron chi connectivity index (χ2n) is 5.42. The Balaban J connectivity index is 2.11. The van der Waals surface area contributed by atoms with E-state index < -0.39 is 17.9 Å². The zero-order chi connectivity index (χ0) is 15.6. The van der Waals surface area contributed by atoms with Gasteiger partial charge in [0, 0.05) is 12.1 Å². The summed E-state index contributed by atoms with van der Waals surface area (Å²) in [5, 5.41) is 11.4. The predicted octanol–water partition coefficient (Wildman–Crippen LogP) is 3.44. The number of cyclic esters (lactones) is 1. The minimum absolute atomic E-state index is 0.438. The molecule has 2 atom stereocenters. The molecule has 22 heavy (non-hydrogen) atoms. The highest BCUT2D eigenvalue weighted by Gasteiger charge is 2.55. The van der Waals surface area contributed by atoms with Gasteiger partial charge < -0.3 is 9.84 Å². The van der Waals surface area contributed by atoms with Crippen LogP contribution in [-0.4, -0.2) is 22.6 Å². The lowest BCUT2D eigenvalue weighted by Gasteiger charge is -2.34. The average molecular weight is 297 g/mol. The van der Waals surface area contributed by atoms with E-state index >= 15 is 0 Å². The summed E-state index contributed by atoms with van der Waals surface area (Å²) in [5.41, 5.74) is -0.0561. The first-order valence-electron chi connectivity index (χ1n) is 7.49. The number of rotatable bonds is 4. The number of hydrogen-bond donors (Lipinski definition) is 1. The van der Waals surface area contributed by atoms with Crippen molar-refractivity contribution < 1.29 is 14.6 Å². The molecule has 1 amide bonds. The molecule has 1 fully saturated rings. The highest BCUT2D eigenvalue weighted by Crippen LogP contribution is 2.46. The number of ether oxygens (including phenoxy) is 1. The van der Waals surface area contributed by atoms with E-state index in [1.807, 2.05) is 67.6 Å². The van der Waals surface area contributed by atoms with Crippen LogP contribution in [0.5, 0.6) is 0 Å². The first-order chi connectivity index (χ1) is 10.7. The molecule has 2 aromatic rings. The molecular weight excluding hydrogens is 278 g/mol. The van der Waals surface area contributed by atoms with Crippen molar-refractivity contribution in [3.8, 4) is 0 Å². The lowest BCUT2D eigenvalue weighted by molar-refractivity contribution is -0.109. The van der Waals surface area contributed by atoms with E-state index in [-0.39, 0.29) is 0 Å². The van der Waals surface area contributed by atoms with Crippen LogP contribution in [0.4, 0.5) is 4.79 Å². The summed E-state index contributed by atoms with van der Waals surface area (Å²) in [5.74, 6) is 0. The second kappa shape index (κ2) is 5.81. The van der Waals surface area contributed by atoms with Gasteiger partial charge in [-0.3, -0.25) is 4.90 Å². The number of carbonyl (C=O) groups excluding carboxylic acids is 1. The highest BCUT2D eigenvalue weighted by molar-refractivity contribution is 5.72. The van der Waals surface area contributed by atoms with Gasteiger partial charge in [0.05, 0.1) is 0 Å². The number of carbonyl (C=O) groups is 1. The van der Waals surface area contributed by atoms with Crippen LogP contribution in [0.25, 0.3) is 0 Å². The third kappa shape index (κ3) is 2.25. The molecule has 3 rings (SSSR count). The molecule has 2 unspecified atom stereocenters. The molecule has 0 aromatic heterocycles. The third-order valence-electron chi connectivity index (χ3n) is 3.96. The van der Waals surface area contributed by atoms with Gasteiger partial charge in [0.1, 0.15) is 0 Å². The third-order valence-corrected chi connectivity index (χ3v) is 3.96. The molecule has 1 N–H and O–H groups in total. The average Bonchev–Trinajstić information content (AvgIpc) is 2.83. The second-order valence-corrected chi connectivity index (χ2v) is 5.42. The molecular formula is C18H19NO3. The monoisotopic (exact) mass is 297 g/mol. The van der Waals surface area contributed by atoms with Gasteiger partial charge in [0.2, 0.25) is 5.72 Å². The molecule has 4 nitrogen and oxygen atoms in total. The van der Waals surface area contributed by atoms with Gasteiger partial charge in [-0.1, -0.05) is 67.6 Å². The van der Waals surface area contributed by atoms with Crippen LogP contribution in [0.2, 0.25) is 0 Å². The maximum atomic E-state index is 12.3. The van der Waals surface area contributed by atoms with E-state index in [1.54, 1.807) is 0 Å². The van der Waals surface area contributed by atoms with Gasteiger partial charge in [0.15, 0.2) is 6.10 Å². The fourth-order valence-electron chi connectivity index (χ4n) is 2.93. The summed E-state index contributed by atoms with van der Waals surface area (Å²) in [6.07, 6.45) is -0.483. The van der Waals surface area contributed by atoms with Crippen molar-refractivity contribution in [2.45, 2.75) is 25.2 Å². The van der Waals surface area contributed by atoms with Gasteiger partial charge in [-0.05, 0) is 12.0 Å². The molecule has 1 heterocycles. The van der Waals surface area contributed by atoms with Crippen LogP contribution < -0.4 is 0 Å². The standard InChI is InChI=1S/C18H19NO3/c1-2-13-19-17(20)22-16(14-9-5-3-6-10-14)18(19,21)15-11-7-4-8-12-15/h3-12,16,21H,2,13H2,1H3. The van der Waals surface area contributed by atoms with Gasteiger partial charge in [-0.2, -0.15) is 0 Å². The van der Waals surface area contributed by atoms with Crippen molar-refractivity contribution in [3.63, 3.8) is 0 Å². The van der Waals surface area contributed by atoms with Crippen molar-refractivity contribution >= 4 is 6.09 Å². The molecule has 0 bridgehead atoms. The fourth-order valence-corrected chi connectivity index (χ4v) is 2.93. The van der Waals surface area contributed by atoms with E-state index in [2.05, 4.69) is 0 Å². The van der Waals surface area contributed by atoms with Crippen LogP contribution in [0, 0.1) is 0 Å². The lowest BCUT2D eigenvalue weighted by atomic mass is 9.91. The number of benzene rings is 2. The summed E-state index contributed by atoms with van der Waals surface area (Å²) < 4.78 is 5.52. The topological polar surface area (TPSA) is 49.8 Å². The van der Waals surface area contributed by atoms with Crippen LogP contribution >= 0.6 is 0 Å². The Morgan fingerprint density at radius 1 is 1.09 bits per heavy atom. The van der Waals surface area contributed by atoms with Crippen LogP contribution in [0.3, 0.4) is 0 Å². The smallest absolute Gasteiger partial charge is 0.413 e. The van der Waals surface area contributed by atoms with Crippen molar-refractivity contribution in [1.82, 2.24) is 4.90 Å². The van der Waals surface area contributed by atoms with Gasteiger partial charge >= 0.3 is 6.09 Å². The predicted molar refractivity (Wildman–Crippen MR) is 83.0 cm³/mol. The number of nitrogens with zero attached hydrogens (tertiary/aromatic N) is 1. The van der Waals surface area contributed by atoms with E-state index in [9.17, 15) is 9.90 Å². The molecule has 1 aliphatic rings. The number of aliphatic hydroxyl groups is 1. The molecule has 0 aliphatic carbocycles. The minimum atomic E-state index is -1.49. The van der Waals surface area contributed by atoms with Crippen LogP contribution in [0.15, 0.2) is 60.7 Å². The maximum Gasteiger partial charge on any atom is 0.413 e. The van der Waals surface area contributed by atoms with Crippen molar-refractivity contribution in [1.29, 1.82) is 0 Å². The van der Waals surface area contributed by atoms with Crippen molar-refractivity contribution in [2.75, 3.05) is 6.54 Å². The van der Waals surface area contributed by atoms with Crippen molar-refractivity contribution in [3.05, 3.63) is 71.8 Å². The molecule has 1 saturated heterocycles. The molecule has 2 aromatic carbocycles. The SMILES string of the molecule is CCCN1C(=O)OC(c2ccccc2)C1(O)c1ccccc1. The Hall–Kier alpha value is -2.33. The maximum absolute atomic E-state index is 12.3. The zero-order valence-corrected chi connectivity index (χ0v) is 12.5. The molecule has 0 saturated carbocycles. The first-order valence-corrected chi connectivity index (χ1v) is 7.49. The first kappa shape index (κ1) is 14.6. The van der Waals surface area contributed by atoms with Crippen molar-refractivity contribution in [2.24, 2.45) is 0 Å². The summed E-state index contributed by atoms with van der Waals surface area (Å²) in [4.78, 5) is 13.7. The Labute approximate surface area is 130 Å². The highest BCUT2D eigenvalue weighted by atomic mass is 16.6. The normalized spacial score (nSPS) is 24.4. The number of amides is 1. The van der Waals surface area contributed by atoms with Gasteiger partial charge in [-0.15, -0.1) is 0 Å². The van der Waals surface area contributed by atoms with E-state index in [0.717, 1.165) is 12.0 Å². The zero-order valence-electron chi connectivity index (χ0n) is 12.5. The quantitative estimate of drug-likeness (QED) is 0.940. The fraction of sp³-hybridized carbons (Fsp3) is 0.278. The largest absolute Gasteiger partial charge is 0.436 e. The van der Waals surface area contributed by atoms with E-state index in [4.69, 9.17) is 4.74 Å². The minimum Gasteiger partial charge on any atom is -0.436 e. The van der Waals surface area contributed by atoms with E-state index in [0.29, 0.717) is 12.1 Å². The Kier molecular flexibility index (Phi) is 3.86. The molecule has 114 valence electrons.